The van der Waals surface area contributed by atoms with Crippen molar-refractivity contribution in [1.82, 2.24) is 9.78 Å². The van der Waals surface area contributed by atoms with E-state index in [0.717, 1.165) is 29.6 Å². The van der Waals surface area contributed by atoms with Crippen molar-refractivity contribution >= 4 is 13.9 Å². The van der Waals surface area contributed by atoms with Crippen LogP contribution in [0.5, 0.6) is 0 Å². The SMILES string of the molecule is Cn1cc(C2=CC[C@H]3[C@@H]4CC[C@@H]5C[C@](C)(O[Si](C)(C)C(C)(C)C)CC[C@@H]5[C@H]4CC[C@]23C)cn1. The van der Waals surface area contributed by atoms with Crippen LogP contribution in [0.3, 0.4) is 0 Å². The van der Waals surface area contributed by atoms with E-state index >= 15 is 0 Å². The smallest absolute Gasteiger partial charge is 0.192 e. The van der Waals surface area contributed by atoms with Gasteiger partial charge in [0.2, 0.25) is 0 Å². The molecule has 1 aromatic rings. The molecule has 1 heterocycles. The lowest BCUT2D eigenvalue weighted by atomic mass is 9.49. The minimum Gasteiger partial charge on any atom is -0.412 e. The fourth-order valence-electron chi connectivity index (χ4n) is 8.50. The van der Waals surface area contributed by atoms with Gasteiger partial charge in [-0.15, -0.1) is 0 Å². The molecule has 0 aromatic carbocycles. The van der Waals surface area contributed by atoms with E-state index in [4.69, 9.17) is 4.43 Å². The van der Waals surface area contributed by atoms with Gasteiger partial charge >= 0.3 is 0 Å². The minimum atomic E-state index is -1.74. The molecule has 0 aliphatic heterocycles. The van der Waals surface area contributed by atoms with E-state index in [9.17, 15) is 0 Å². The maximum absolute atomic E-state index is 7.09. The summed E-state index contributed by atoms with van der Waals surface area (Å²) in [7, 11) is 0.309. The summed E-state index contributed by atoms with van der Waals surface area (Å²) in [5.41, 5.74) is 3.42. The van der Waals surface area contributed by atoms with Gasteiger partial charge in [-0.25, -0.2) is 0 Å². The highest BCUT2D eigenvalue weighted by Gasteiger charge is 2.56. The van der Waals surface area contributed by atoms with Crippen molar-refractivity contribution in [3.8, 4) is 0 Å². The number of hydrogen-bond acceptors (Lipinski definition) is 2. The van der Waals surface area contributed by atoms with Crippen molar-refractivity contribution in [2.24, 2.45) is 42.1 Å². The Labute approximate surface area is 203 Å². The van der Waals surface area contributed by atoms with E-state index in [-0.39, 0.29) is 5.60 Å². The number of allylic oxidation sites excluding steroid dienone is 2. The lowest BCUT2D eigenvalue weighted by Gasteiger charge is -2.58. The molecule has 3 nitrogen and oxygen atoms in total. The van der Waals surface area contributed by atoms with Crippen LogP contribution < -0.4 is 0 Å². The van der Waals surface area contributed by atoms with Gasteiger partial charge in [0.15, 0.2) is 8.32 Å². The van der Waals surface area contributed by atoms with Gasteiger partial charge in [-0.05, 0) is 117 Å². The molecule has 4 aliphatic rings. The Hall–Kier alpha value is -0.873. The van der Waals surface area contributed by atoms with Gasteiger partial charge < -0.3 is 4.43 Å². The van der Waals surface area contributed by atoms with Crippen LogP contribution in [0.2, 0.25) is 18.1 Å². The highest BCUT2D eigenvalue weighted by atomic mass is 28.4. The largest absolute Gasteiger partial charge is 0.412 e. The minimum absolute atomic E-state index is 0.0998. The third kappa shape index (κ3) is 3.92. The van der Waals surface area contributed by atoms with Gasteiger partial charge in [-0.3, -0.25) is 4.68 Å². The van der Waals surface area contributed by atoms with Crippen LogP contribution in [0.25, 0.3) is 5.57 Å². The first-order valence-corrected chi connectivity index (χ1v) is 16.6. The molecule has 33 heavy (non-hydrogen) atoms. The molecule has 0 bridgehead atoms. The zero-order valence-electron chi connectivity index (χ0n) is 22.6. The molecule has 3 saturated carbocycles. The van der Waals surface area contributed by atoms with Crippen LogP contribution in [-0.4, -0.2) is 23.7 Å². The molecule has 0 N–H and O–H groups in total. The van der Waals surface area contributed by atoms with Crippen LogP contribution in [-0.2, 0) is 11.5 Å². The Balaban J connectivity index is 1.30. The topological polar surface area (TPSA) is 27.1 Å². The maximum atomic E-state index is 7.09. The number of fused-ring (bicyclic) bond motifs is 5. The Morgan fingerprint density at radius 1 is 1.03 bits per heavy atom. The molecule has 5 rings (SSSR count). The number of hydrogen-bond donors (Lipinski definition) is 0. The number of rotatable bonds is 3. The van der Waals surface area contributed by atoms with Gasteiger partial charge in [-0.1, -0.05) is 33.8 Å². The highest BCUT2D eigenvalue weighted by Crippen LogP contribution is 2.65. The Morgan fingerprint density at radius 2 is 1.76 bits per heavy atom. The van der Waals surface area contributed by atoms with Crippen LogP contribution >= 0.6 is 0 Å². The number of nitrogens with zero attached hydrogens (tertiary/aromatic N) is 2. The van der Waals surface area contributed by atoms with Crippen LogP contribution in [0.1, 0.15) is 91.5 Å². The molecule has 0 saturated heterocycles. The molecule has 0 radical (unpaired) electrons. The summed E-state index contributed by atoms with van der Waals surface area (Å²) in [4.78, 5) is 0. The first-order chi connectivity index (χ1) is 15.3. The van der Waals surface area contributed by atoms with E-state index in [1.807, 2.05) is 11.7 Å². The molecule has 4 aliphatic carbocycles. The van der Waals surface area contributed by atoms with Gasteiger partial charge in [0.25, 0.3) is 0 Å². The van der Waals surface area contributed by atoms with Gasteiger partial charge in [0, 0.05) is 18.8 Å². The first-order valence-electron chi connectivity index (χ1n) is 13.7. The summed E-state index contributed by atoms with van der Waals surface area (Å²) in [5.74, 6) is 4.52. The second-order valence-electron chi connectivity index (χ2n) is 14.2. The van der Waals surface area contributed by atoms with Gasteiger partial charge in [0.05, 0.1) is 11.8 Å². The van der Waals surface area contributed by atoms with Crippen LogP contribution in [0, 0.1) is 35.0 Å². The third-order valence-electron chi connectivity index (χ3n) is 11.1. The van der Waals surface area contributed by atoms with E-state index < -0.39 is 8.32 Å². The van der Waals surface area contributed by atoms with Gasteiger partial charge in [0.1, 0.15) is 0 Å². The molecule has 184 valence electrons. The number of aryl methyl sites for hydroxylation is 1. The fraction of sp³-hybridized carbons (Fsp3) is 0.828. The molecule has 0 unspecified atom stereocenters. The summed E-state index contributed by atoms with van der Waals surface area (Å²) >= 11 is 0. The van der Waals surface area contributed by atoms with Crippen molar-refractivity contribution < 1.29 is 4.43 Å². The van der Waals surface area contributed by atoms with Gasteiger partial charge in [-0.2, -0.15) is 5.10 Å². The summed E-state index contributed by atoms with van der Waals surface area (Å²) in [6, 6.07) is 0. The third-order valence-corrected chi connectivity index (χ3v) is 15.7. The molecule has 0 spiro atoms. The summed E-state index contributed by atoms with van der Waals surface area (Å²) < 4.78 is 9.06. The van der Waals surface area contributed by atoms with Crippen molar-refractivity contribution in [3.63, 3.8) is 0 Å². The van der Waals surface area contributed by atoms with Crippen molar-refractivity contribution in [1.29, 1.82) is 0 Å². The number of aromatic nitrogens is 2. The molecule has 4 heteroatoms. The Morgan fingerprint density at radius 3 is 2.42 bits per heavy atom. The predicted octanol–water partition coefficient (Wildman–Crippen LogP) is 7.85. The Bertz CT molecular complexity index is 926. The predicted molar refractivity (Wildman–Crippen MR) is 140 cm³/mol. The monoisotopic (exact) mass is 468 g/mol. The summed E-state index contributed by atoms with van der Waals surface area (Å²) in [5, 5.41) is 4.78. The molecule has 3 fully saturated rings. The molecular formula is C29H48N2OSi. The van der Waals surface area contributed by atoms with Crippen LogP contribution in [0.4, 0.5) is 0 Å². The Kier molecular flexibility index (Phi) is 5.65. The quantitative estimate of drug-likeness (QED) is 0.422. The lowest BCUT2D eigenvalue weighted by molar-refractivity contribution is -0.0836. The first kappa shape index (κ1) is 23.8. The normalized spacial score (nSPS) is 41.2. The molecular weight excluding hydrogens is 420 g/mol. The second-order valence-corrected chi connectivity index (χ2v) is 18.9. The van der Waals surface area contributed by atoms with Crippen molar-refractivity contribution in [2.75, 3.05) is 0 Å². The second kappa shape index (κ2) is 7.81. The van der Waals surface area contributed by atoms with E-state index in [1.54, 1.807) is 5.57 Å². The molecule has 7 atom stereocenters. The zero-order valence-corrected chi connectivity index (χ0v) is 23.6. The summed E-state index contributed by atoms with van der Waals surface area (Å²) in [6.45, 7) is 17.1. The van der Waals surface area contributed by atoms with E-state index in [0.29, 0.717) is 10.5 Å². The summed E-state index contributed by atoms with van der Waals surface area (Å²) in [6.07, 6.45) is 17.8. The maximum Gasteiger partial charge on any atom is 0.192 e. The average Bonchev–Trinajstić information content (AvgIpc) is 3.28. The van der Waals surface area contributed by atoms with Crippen molar-refractivity contribution in [2.45, 2.75) is 110 Å². The highest BCUT2D eigenvalue weighted by molar-refractivity contribution is 6.74. The van der Waals surface area contributed by atoms with E-state index in [2.05, 4.69) is 71.3 Å². The molecule has 1 aromatic heterocycles. The van der Waals surface area contributed by atoms with Crippen LogP contribution in [0.15, 0.2) is 18.5 Å². The standard InChI is InChI=1S/C29H48N2OSi/c1-27(2,3)33(7,8)32-28(4)15-13-22-20(17-28)9-10-24-23(22)14-16-29(5)25(11-12-26(24)29)21-18-30-31(6)19-21/h11,18-20,22-24,26H,9-10,12-17H2,1-8H3/t20-,22+,23-,24-,26+,28-,29-/m1/s1. The fourth-order valence-corrected chi connectivity index (χ4v) is 10.2. The van der Waals surface area contributed by atoms with E-state index in [1.165, 1.54) is 56.9 Å². The zero-order chi connectivity index (χ0) is 23.8. The van der Waals surface area contributed by atoms with Crippen molar-refractivity contribution in [3.05, 3.63) is 24.0 Å². The lowest BCUT2D eigenvalue weighted by Crippen LogP contribution is -2.54. The molecule has 0 amide bonds. The average molecular weight is 469 g/mol.